The van der Waals surface area contributed by atoms with Crippen LogP contribution in [0.4, 0.5) is 0 Å². The van der Waals surface area contributed by atoms with Gasteiger partial charge in [0.15, 0.2) is 0 Å². The monoisotopic (exact) mass is 246 g/mol. The molecule has 1 saturated carbocycles. The minimum atomic E-state index is 0. The van der Waals surface area contributed by atoms with Crippen LogP contribution in [-0.4, -0.2) is 30.4 Å². The Labute approximate surface area is 104 Å². The minimum absolute atomic E-state index is 0. The van der Waals surface area contributed by atoms with Gasteiger partial charge < -0.3 is 10.6 Å². The van der Waals surface area contributed by atoms with E-state index < -0.39 is 0 Å². The second-order valence-corrected chi connectivity index (χ2v) is 5.40. The Hall–Kier alpha value is -0.280. The highest BCUT2D eigenvalue weighted by Crippen LogP contribution is 2.47. The first-order valence-electron chi connectivity index (χ1n) is 6.15. The Kier molecular flexibility index (Phi) is 4.62. The number of piperidine rings is 1. The van der Waals surface area contributed by atoms with Crippen LogP contribution >= 0.6 is 12.4 Å². The molecule has 0 aromatic rings. The second kappa shape index (κ2) is 5.37. The Balaban J connectivity index is 0.00000128. The van der Waals surface area contributed by atoms with Crippen molar-refractivity contribution in [3.63, 3.8) is 0 Å². The van der Waals surface area contributed by atoms with Crippen LogP contribution in [0.3, 0.4) is 0 Å². The summed E-state index contributed by atoms with van der Waals surface area (Å²) in [7, 11) is 0. The summed E-state index contributed by atoms with van der Waals surface area (Å²) in [5, 5.41) is 0. The van der Waals surface area contributed by atoms with E-state index in [2.05, 4.69) is 11.8 Å². The number of hydrogen-bond donors (Lipinski definition) is 1. The van der Waals surface area contributed by atoms with Gasteiger partial charge in [-0.05, 0) is 44.6 Å². The van der Waals surface area contributed by atoms with Crippen LogP contribution in [0.15, 0.2) is 0 Å². The molecule has 94 valence electrons. The first-order chi connectivity index (χ1) is 7.15. The Morgan fingerprint density at radius 3 is 2.75 bits per heavy atom. The topological polar surface area (TPSA) is 46.3 Å². The number of hydrogen-bond acceptors (Lipinski definition) is 2. The average molecular weight is 247 g/mol. The molecule has 1 atom stereocenters. The van der Waals surface area contributed by atoms with E-state index in [0.29, 0.717) is 11.8 Å². The minimum Gasteiger partial charge on any atom is -0.342 e. The highest BCUT2D eigenvalue weighted by atomic mass is 35.5. The van der Waals surface area contributed by atoms with E-state index in [-0.39, 0.29) is 17.8 Å². The fourth-order valence-corrected chi connectivity index (χ4v) is 2.50. The third-order valence-electron chi connectivity index (χ3n) is 3.90. The van der Waals surface area contributed by atoms with Gasteiger partial charge >= 0.3 is 0 Å². The predicted molar refractivity (Wildman–Crippen MR) is 67.6 cm³/mol. The van der Waals surface area contributed by atoms with Gasteiger partial charge in [-0.3, -0.25) is 4.79 Å². The SMILES string of the molecule is CC1(C(=O)N2CCCC(CCN)C2)CC1.Cl. The summed E-state index contributed by atoms with van der Waals surface area (Å²) >= 11 is 0. The number of carbonyl (C=O) groups excluding carboxylic acids is 1. The summed E-state index contributed by atoms with van der Waals surface area (Å²) in [5.41, 5.74) is 5.58. The zero-order valence-corrected chi connectivity index (χ0v) is 10.9. The number of likely N-dealkylation sites (tertiary alicyclic amines) is 1. The van der Waals surface area contributed by atoms with Gasteiger partial charge in [-0.15, -0.1) is 12.4 Å². The molecule has 0 bridgehead atoms. The van der Waals surface area contributed by atoms with Gasteiger partial charge in [0.1, 0.15) is 0 Å². The summed E-state index contributed by atoms with van der Waals surface area (Å²) < 4.78 is 0. The van der Waals surface area contributed by atoms with E-state index in [0.717, 1.165) is 45.3 Å². The van der Waals surface area contributed by atoms with Gasteiger partial charge in [0.25, 0.3) is 0 Å². The lowest BCUT2D eigenvalue weighted by Crippen LogP contribution is -2.43. The van der Waals surface area contributed by atoms with Crippen molar-refractivity contribution in [3.8, 4) is 0 Å². The first-order valence-corrected chi connectivity index (χ1v) is 6.15. The number of amides is 1. The van der Waals surface area contributed by atoms with Crippen LogP contribution in [0.1, 0.15) is 39.0 Å². The Morgan fingerprint density at radius 2 is 2.19 bits per heavy atom. The van der Waals surface area contributed by atoms with Crippen molar-refractivity contribution in [2.24, 2.45) is 17.1 Å². The van der Waals surface area contributed by atoms with Crippen LogP contribution in [0.2, 0.25) is 0 Å². The fraction of sp³-hybridized carbons (Fsp3) is 0.917. The molecule has 1 aliphatic heterocycles. The van der Waals surface area contributed by atoms with Crippen LogP contribution in [0.25, 0.3) is 0 Å². The molecule has 0 spiro atoms. The van der Waals surface area contributed by atoms with Crippen molar-refractivity contribution in [2.45, 2.75) is 39.0 Å². The smallest absolute Gasteiger partial charge is 0.228 e. The zero-order chi connectivity index (χ0) is 10.9. The lowest BCUT2D eigenvalue weighted by molar-refractivity contribution is -0.138. The van der Waals surface area contributed by atoms with Crippen molar-refractivity contribution in [1.82, 2.24) is 4.90 Å². The Morgan fingerprint density at radius 1 is 1.50 bits per heavy atom. The number of rotatable bonds is 3. The maximum atomic E-state index is 12.1. The molecule has 1 heterocycles. The second-order valence-electron chi connectivity index (χ2n) is 5.40. The highest BCUT2D eigenvalue weighted by Gasteiger charge is 2.47. The standard InChI is InChI=1S/C12H22N2O.ClH/c1-12(5-6-12)11(15)14-8-2-3-10(9-14)4-7-13;/h10H,2-9,13H2,1H3;1H. The summed E-state index contributed by atoms with van der Waals surface area (Å²) in [6.45, 7) is 4.77. The maximum Gasteiger partial charge on any atom is 0.228 e. The molecule has 1 amide bonds. The third kappa shape index (κ3) is 2.89. The van der Waals surface area contributed by atoms with Crippen LogP contribution in [-0.2, 0) is 4.79 Å². The molecule has 2 aliphatic rings. The molecule has 1 aliphatic carbocycles. The van der Waals surface area contributed by atoms with Crippen molar-refractivity contribution in [1.29, 1.82) is 0 Å². The quantitative estimate of drug-likeness (QED) is 0.826. The lowest BCUT2D eigenvalue weighted by atomic mass is 9.93. The fourth-order valence-electron chi connectivity index (χ4n) is 2.50. The third-order valence-corrected chi connectivity index (χ3v) is 3.90. The van der Waals surface area contributed by atoms with Crippen LogP contribution < -0.4 is 5.73 Å². The van der Waals surface area contributed by atoms with E-state index in [9.17, 15) is 4.79 Å². The molecular weight excluding hydrogens is 224 g/mol. The molecule has 2 N–H and O–H groups in total. The summed E-state index contributed by atoms with van der Waals surface area (Å²) in [4.78, 5) is 14.2. The molecule has 3 nitrogen and oxygen atoms in total. The molecule has 2 fully saturated rings. The van der Waals surface area contributed by atoms with Gasteiger partial charge in [0.2, 0.25) is 5.91 Å². The molecule has 4 heteroatoms. The van der Waals surface area contributed by atoms with E-state index in [1.54, 1.807) is 0 Å². The molecule has 0 aromatic carbocycles. The van der Waals surface area contributed by atoms with Crippen molar-refractivity contribution < 1.29 is 4.79 Å². The van der Waals surface area contributed by atoms with Gasteiger partial charge in [0.05, 0.1) is 0 Å². The van der Waals surface area contributed by atoms with Gasteiger partial charge in [-0.2, -0.15) is 0 Å². The van der Waals surface area contributed by atoms with Crippen molar-refractivity contribution >= 4 is 18.3 Å². The Bertz CT molecular complexity index is 251. The number of halogens is 1. The zero-order valence-electron chi connectivity index (χ0n) is 10.1. The molecule has 2 rings (SSSR count). The highest BCUT2D eigenvalue weighted by molar-refractivity contribution is 5.85. The predicted octanol–water partition coefficient (Wildman–Crippen LogP) is 1.80. The summed E-state index contributed by atoms with van der Waals surface area (Å²) in [6, 6.07) is 0. The number of nitrogens with zero attached hydrogens (tertiary/aromatic N) is 1. The van der Waals surface area contributed by atoms with Crippen molar-refractivity contribution in [3.05, 3.63) is 0 Å². The molecule has 0 radical (unpaired) electrons. The van der Waals surface area contributed by atoms with E-state index in [1.807, 2.05) is 0 Å². The molecule has 1 saturated heterocycles. The van der Waals surface area contributed by atoms with Crippen LogP contribution in [0, 0.1) is 11.3 Å². The average Bonchev–Trinajstić information content (AvgIpc) is 2.98. The number of carbonyl (C=O) groups is 1. The lowest BCUT2D eigenvalue weighted by Gasteiger charge is -2.34. The molecule has 0 aromatic heterocycles. The van der Waals surface area contributed by atoms with E-state index >= 15 is 0 Å². The summed E-state index contributed by atoms with van der Waals surface area (Å²) in [5.74, 6) is 1.04. The van der Waals surface area contributed by atoms with E-state index in [1.165, 1.54) is 6.42 Å². The van der Waals surface area contributed by atoms with Gasteiger partial charge in [-0.1, -0.05) is 6.92 Å². The number of nitrogens with two attached hydrogens (primary N) is 1. The normalized spacial score (nSPS) is 27.1. The van der Waals surface area contributed by atoms with Crippen LogP contribution in [0.5, 0.6) is 0 Å². The summed E-state index contributed by atoms with van der Waals surface area (Å²) in [6.07, 6.45) is 5.65. The first kappa shape index (κ1) is 13.8. The van der Waals surface area contributed by atoms with Gasteiger partial charge in [-0.25, -0.2) is 0 Å². The molecule has 1 unspecified atom stereocenters. The molecular formula is C12H23ClN2O. The van der Waals surface area contributed by atoms with Crippen molar-refractivity contribution in [2.75, 3.05) is 19.6 Å². The van der Waals surface area contributed by atoms with E-state index in [4.69, 9.17) is 5.73 Å². The van der Waals surface area contributed by atoms with Gasteiger partial charge in [0, 0.05) is 18.5 Å². The largest absolute Gasteiger partial charge is 0.342 e. The molecule has 16 heavy (non-hydrogen) atoms. The maximum absolute atomic E-state index is 12.1.